The Balaban J connectivity index is 2.19. The predicted molar refractivity (Wildman–Crippen MR) is 60.8 cm³/mol. The van der Waals surface area contributed by atoms with Gasteiger partial charge in [0.1, 0.15) is 0 Å². The van der Waals surface area contributed by atoms with Crippen molar-refractivity contribution in [1.82, 2.24) is 10.3 Å². The fourth-order valence-electron chi connectivity index (χ4n) is 1.17. The van der Waals surface area contributed by atoms with E-state index in [9.17, 15) is 9.59 Å². The van der Waals surface area contributed by atoms with Crippen molar-refractivity contribution in [2.45, 2.75) is 19.8 Å². The Morgan fingerprint density at radius 1 is 1.44 bits per heavy atom. The Labute approximate surface area is 94.3 Å². The maximum absolute atomic E-state index is 11.4. The van der Waals surface area contributed by atoms with E-state index in [-0.39, 0.29) is 11.8 Å². The van der Waals surface area contributed by atoms with Crippen LogP contribution in [0.5, 0.6) is 0 Å². The molecular formula is C11H15N3O2. The van der Waals surface area contributed by atoms with Crippen molar-refractivity contribution < 1.29 is 9.59 Å². The molecule has 0 fully saturated rings. The maximum Gasteiger partial charge on any atom is 0.224 e. The minimum atomic E-state index is -0.0762. The summed E-state index contributed by atoms with van der Waals surface area (Å²) in [5, 5.41) is 5.35. The second-order valence-electron chi connectivity index (χ2n) is 3.38. The van der Waals surface area contributed by atoms with E-state index in [0.29, 0.717) is 25.1 Å². The molecule has 5 heteroatoms. The van der Waals surface area contributed by atoms with Crippen LogP contribution in [-0.2, 0) is 9.59 Å². The molecule has 2 N–H and O–H groups in total. The van der Waals surface area contributed by atoms with Gasteiger partial charge in [0, 0.05) is 26.1 Å². The Bertz CT molecular complexity index is 352. The van der Waals surface area contributed by atoms with E-state index < -0.39 is 0 Å². The third-order valence-electron chi connectivity index (χ3n) is 1.90. The third kappa shape index (κ3) is 5.09. The van der Waals surface area contributed by atoms with Crippen LogP contribution in [0, 0.1) is 0 Å². The number of aromatic nitrogens is 1. The van der Waals surface area contributed by atoms with Gasteiger partial charge in [-0.3, -0.25) is 14.6 Å². The zero-order valence-corrected chi connectivity index (χ0v) is 9.19. The monoisotopic (exact) mass is 221 g/mol. The number of hydrogen-bond acceptors (Lipinski definition) is 3. The fraction of sp³-hybridized carbons (Fsp3) is 0.364. The molecule has 2 amide bonds. The van der Waals surface area contributed by atoms with E-state index >= 15 is 0 Å². The molecule has 0 aliphatic carbocycles. The molecule has 0 aromatic carbocycles. The van der Waals surface area contributed by atoms with E-state index in [1.165, 1.54) is 6.92 Å². The van der Waals surface area contributed by atoms with Crippen LogP contribution in [0.25, 0.3) is 0 Å². The molecule has 1 aromatic heterocycles. The number of pyridine rings is 1. The minimum Gasteiger partial charge on any atom is -0.356 e. The molecule has 0 aliphatic rings. The maximum atomic E-state index is 11.4. The number of nitrogens with one attached hydrogen (secondary N) is 2. The molecule has 1 aromatic rings. The highest BCUT2D eigenvalue weighted by molar-refractivity contribution is 5.90. The van der Waals surface area contributed by atoms with Gasteiger partial charge >= 0.3 is 0 Å². The Morgan fingerprint density at radius 2 is 2.25 bits per heavy atom. The number of amides is 2. The Morgan fingerprint density at radius 3 is 2.88 bits per heavy atom. The average molecular weight is 221 g/mol. The molecule has 0 atom stereocenters. The zero-order valence-electron chi connectivity index (χ0n) is 9.19. The van der Waals surface area contributed by atoms with Crippen LogP contribution >= 0.6 is 0 Å². The summed E-state index contributed by atoms with van der Waals surface area (Å²) >= 11 is 0. The summed E-state index contributed by atoms with van der Waals surface area (Å²) in [7, 11) is 0. The van der Waals surface area contributed by atoms with Gasteiger partial charge in [0.15, 0.2) is 0 Å². The molecule has 0 saturated carbocycles. The SMILES string of the molecule is CC(=O)NCCCC(=O)Nc1cccnc1. The van der Waals surface area contributed by atoms with Crippen LogP contribution in [0.15, 0.2) is 24.5 Å². The van der Waals surface area contributed by atoms with Gasteiger partial charge < -0.3 is 10.6 Å². The van der Waals surface area contributed by atoms with Crippen molar-refractivity contribution in [3.63, 3.8) is 0 Å². The molecule has 0 bridgehead atoms. The highest BCUT2D eigenvalue weighted by Gasteiger charge is 2.01. The quantitative estimate of drug-likeness (QED) is 0.727. The van der Waals surface area contributed by atoms with E-state index in [1.54, 1.807) is 24.5 Å². The molecule has 16 heavy (non-hydrogen) atoms. The molecule has 0 spiro atoms. The molecule has 1 rings (SSSR count). The smallest absolute Gasteiger partial charge is 0.224 e. The van der Waals surface area contributed by atoms with Gasteiger partial charge in [0.25, 0.3) is 0 Å². The topological polar surface area (TPSA) is 71.1 Å². The number of anilines is 1. The summed E-state index contributed by atoms with van der Waals surface area (Å²) in [6.07, 6.45) is 4.25. The third-order valence-corrected chi connectivity index (χ3v) is 1.90. The van der Waals surface area contributed by atoms with Crippen molar-refractivity contribution >= 4 is 17.5 Å². The lowest BCUT2D eigenvalue weighted by Gasteiger charge is -2.04. The molecule has 5 nitrogen and oxygen atoms in total. The van der Waals surface area contributed by atoms with Gasteiger partial charge in [-0.2, -0.15) is 0 Å². The number of nitrogens with zero attached hydrogens (tertiary/aromatic N) is 1. The van der Waals surface area contributed by atoms with Crippen LogP contribution in [0.1, 0.15) is 19.8 Å². The van der Waals surface area contributed by atoms with Crippen molar-refractivity contribution in [2.24, 2.45) is 0 Å². The van der Waals surface area contributed by atoms with Gasteiger partial charge in [-0.05, 0) is 18.6 Å². The average Bonchev–Trinajstić information content (AvgIpc) is 2.25. The first-order valence-electron chi connectivity index (χ1n) is 5.13. The highest BCUT2D eigenvalue weighted by atomic mass is 16.2. The Kier molecular flexibility index (Phi) is 4.98. The second kappa shape index (κ2) is 6.55. The van der Waals surface area contributed by atoms with Crippen LogP contribution in [0.4, 0.5) is 5.69 Å². The molecule has 1 heterocycles. The van der Waals surface area contributed by atoms with Crippen LogP contribution in [-0.4, -0.2) is 23.3 Å². The standard InChI is InChI=1S/C11H15N3O2/c1-9(15)13-7-3-5-11(16)14-10-4-2-6-12-8-10/h2,4,6,8H,3,5,7H2,1H3,(H,13,15)(H,14,16). The summed E-state index contributed by atoms with van der Waals surface area (Å²) in [6.45, 7) is 1.98. The van der Waals surface area contributed by atoms with E-state index in [1.807, 2.05) is 0 Å². The summed E-state index contributed by atoms with van der Waals surface area (Å²) in [4.78, 5) is 25.9. The summed E-state index contributed by atoms with van der Waals surface area (Å²) in [5.74, 6) is -0.147. The van der Waals surface area contributed by atoms with Crippen LogP contribution in [0.3, 0.4) is 0 Å². The lowest BCUT2D eigenvalue weighted by atomic mass is 10.3. The van der Waals surface area contributed by atoms with Crippen molar-refractivity contribution in [1.29, 1.82) is 0 Å². The van der Waals surface area contributed by atoms with Crippen LogP contribution in [0.2, 0.25) is 0 Å². The van der Waals surface area contributed by atoms with Gasteiger partial charge in [-0.25, -0.2) is 0 Å². The first kappa shape index (κ1) is 12.2. The number of carbonyl (C=O) groups excluding carboxylic acids is 2. The predicted octanol–water partition coefficient (Wildman–Crippen LogP) is 0.936. The molecule has 0 aliphatic heterocycles. The number of carbonyl (C=O) groups is 2. The lowest BCUT2D eigenvalue weighted by molar-refractivity contribution is -0.119. The van der Waals surface area contributed by atoms with Crippen molar-refractivity contribution in [2.75, 3.05) is 11.9 Å². The molecule has 0 radical (unpaired) electrons. The summed E-state index contributed by atoms with van der Waals surface area (Å²) in [5.41, 5.74) is 0.687. The van der Waals surface area contributed by atoms with E-state index in [2.05, 4.69) is 15.6 Å². The van der Waals surface area contributed by atoms with Gasteiger partial charge in [-0.1, -0.05) is 0 Å². The highest BCUT2D eigenvalue weighted by Crippen LogP contribution is 2.03. The van der Waals surface area contributed by atoms with E-state index in [4.69, 9.17) is 0 Å². The van der Waals surface area contributed by atoms with Gasteiger partial charge in [-0.15, -0.1) is 0 Å². The van der Waals surface area contributed by atoms with E-state index in [0.717, 1.165) is 0 Å². The normalized spacial score (nSPS) is 9.56. The molecule has 86 valence electrons. The summed E-state index contributed by atoms with van der Waals surface area (Å²) in [6, 6.07) is 3.53. The second-order valence-corrected chi connectivity index (χ2v) is 3.38. The first-order valence-corrected chi connectivity index (χ1v) is 5.13. The van der Waals surface area contributed by atoms with Crippen molar-refractivity contribution in [3.8, 4) is 0 Å². The lowest BCUT2D eigenvalue weighted by Crippen LogP contribution is -2.22. The molecule has 0 saturated heterocycles. The summed E-state index contributed by atoms with van der Waals surface area (Å²) < 4.78 is 0. The fourth-order valence-corrected chi connectivity index (χ4v) is 1.17. The zero-order chi connectivity index (χ0) is 11.8. The largest absolute Gasteiger partial charge is 0.356 e. The number of hydrogen-bond donors (Lipinski definition) is 2. The van der Waals surface area contributed by atoms with Gasteiger partial charge in [0.2, 0.25) is 11.8 Å². The van der Waals surface area contributed by atoms with Crippen molar-refractivity contribution in [3.05, 3.63) is 24.5 Å². The molecular weight excluding hydrogens is 206 g/mol. The molecule has 0 unspecified atom stereocenters. The minimum absolute atomic E-state index is 0.0710. The number of rotatable bonds is 5. The van der Waals surface area contributed by atoms with Crippen LogP contribution < -0.4 is 10.6 Å². The first-order chi connectivity index (χ1) is 7.68. The van der Waals surface area contributed by atoms with Gasteiger partial charge in [0.05, 0.1) is 11.9 Å². The Hall–Kier alpha value is -1.91.